The average Bonchev–Trinajstić information content (AvgIpc) is 3.49. The van der Waals surface area contributed by atoms with Gasteiger partial charge in [-0.15, -0.1) is 0 Å². The van der Waals surface area contributed by atoms with Crippen molar-refractivity contribution >= 4 is 50.1 Å². The Balaban J connectivity index is 1.55. The predicted octanol–water partition coefficient (Wildman–Crippen LogP) is 3.94. The predicted molar refractivity (Wildman–Crippen MR) is 138 cm³/mol. The molecule has 1 atom stereocenters. The standard InChI is InChI=1S/C24H21N3O4S3/c1-31-20-9-5-6-16(12-20)22-17(14-26(25-22)18-7-3-2-4-8-18)13-21-23(28)27(24(32)33-21)19-10-11-34(29,30)15-19/h2-9,12-14,19H,10-11,15H2,1H3/b21-13-/t19-/m1/s1. The molecule has 34 heavy (non-hydrogen) atoms. The molecule has 0 spiro atoms. The van der Waals surface area contributed by atoms with Crippen LogP contribution in [0.25, 0.3) is 23.0 Å². The Kier molecular flexibility index (Phi) is 6.05. The van der Waals surface area contributed by atoms with Gasteiger partial charge in [-0.1, -0.05) is 54.3 Å². The molecule has 2 aliphatic rings. The minimum Gasteiger partial charge on any atom is -0.497 e. The van der Waals surface area contributed by atoms with Crippen molar-refractivity contribution in [2.75, 3.05) is 18.6 Å². The number of aromatic nitrogens is 2. The maximum Gasteiger partial charge on any atom is 0.266 e. The van der Waals surface area contributed by atoms with Crippen LogP contribution < -0.4 is 4.74 Å². The maximum atomic E-state index is 13.3. The van der Waals surface area contributed by atoms with Crippen LogP contribution in [-0.4, -0.2) is 58.0 Å². The lowest BCUT2D eigenvalue weighted by atomic mass is 10.1. The summed E-state index contributed by atoms with van der Waals surface area (Å²) in [5.74, 6) is 0.471. The summed E-state index contributed by atoms with van der Waals surface area (Å²) in [6, 6.07) is 16.9. The molecule has 1 aromatic heterocycles. The average molecular weight is 512 g/mol. The lowest BCUT2D eigenvalue weighted by Gasteiger charge is -2.20. The van der Waals surface area contributed by atoms with Gasteiger partial charge in [0.2, 0.25) is 0 Å². The molecule has 0 bridgehead atoms. The number of carbonyl (C=O) groups is 1. The third kappa shape index (κ3) is 4.40. The number of methoxy groups -OCH3 is 1. The molecule has 3 aromatic rings. The Labute approximate surface area is 207 Å². The van der Waals surface area contributed by atoms with Crippen molar-refractivity contribution < 1.29 is 17.9 Å². The molecule has 174 valence electrons. The summed E-state index contributed by atoms with van der Waals surface area (Å²) in [4.78, 5) is 15.2. The Hall–Kier alpha value is -2.95. The van der Waals surface area contributed by atoms with Crippen molar-refractivity contribution in [2.45, 2.75) is 12.5 Å². The molecule has 2 fully saturated rings. The van der Waals surface area contributed by atoms with E-state index in [2.05, 4.69) is 0 Å². The number of hydrogen-bond acceptors (Lipinski definition) is 7. The van der Waals surface area contributed by atoms with Gasteiger partial charge < -0.3 is 4.74 Å². The van der Waals surface area contributed by atoms with Gasteiger partial charge in [0.25, 0.3) is 5.91 Å². The number of rotatable bonds is 5. The number of benzene rings is 2. The van der Waals surface area contributed by atoms with Gasteiger partial charge in [-0.3, -0.25) is 9.69 Å². The van der Waals surface area contributed by atoms with E-state index in [1.54, 1.807) is 17.9 Å². The van der Waals surface area contributed by atoms with Gasteiger partial charge in [-0.25, -0.2) is 13.1 Å². The molecule has 2 aliphatic heterocycles. The minimum absolute atomic E-state index is 0.0479. The summed E-state index contributed by atoms with van der Waals surface area (Å²) in [7, 11) is -1.53. The first kappa shape index (κ1) is 22.8. The zero-order valence-electron chi connectivity index (χ0n) is 18.2. The second-order valence-corrected chi connectivity index (χ2v) is 12.0. The number of thioether (sulfide) groups is 1. The molecular weight excluding hydrogens is 490 g/mol. The first-order chi connectivity index (χ1) is 16.3. The van der Waals surface area contributed by atoms with E-state index in [9.17, 15) is 13.2 Å². The fraction of sp³-hybridized carbons (Fsp3) is 0.208. The number of amides is 1. The maximum absolute atomic E-state index is 13.3. The lowest BCUT2D eigenvalue weighted by Crippen LogP contribution is -2.39. The van der Waals surface area contributed by atoms with Crippen molar-refractivity contribution in [3.8, 4) is 22.7 Å². The van der Waals surface area contributed by atoms with Gasteiger partial charge in [0.1, 0.15) is 15.8 Å². The molecule has 0 N–H and O–H groups in total. The van der Waals surface area contributed by atoms with Crippen molar-refractivity contribution in [3.05, 3.63) is 71.3 Å². The smallest absolute Gasteiger partial charge is 0.266 e. The van der Waals surface area contributed by atoms with Crippen LogP contribution in [0.2, 0.25) is 0 Å². The zero-order valence-corrected chi connectivity index (χ0v) is 20.7. The summed E-state index contributed by atoms with van der Waals surface area (Å²) in [6.45, 7) is 0. The summed E-state index contributed by atoms with van der Waals surface area (Å²) in [6.07, 6.45) is 4.06. The molecule has 2 saturated heterocycles. The number of ether oxygens (including phenoxy) is 1. The Morgan fingerprint density at radius 2 is 1.97 bits per heavy atom. The second-order valence-electron chi connectivity index (χ2n) is 8.05. The number of carbonyl (C=O) groups excluding carboxylic acids is 1. The van der Waals surface area contributed by atoms with Gasteiger partial charge in [-0.2, -0.15) is 5.10 Å². The van der Waals surface area contributed by atoms with E-state index in [-0.39, 0.29) is 17.4 Å². The van der Waals surface area contributed by atoms with Crippen molar-refractivity contribution in [1.29, 1.82) is 0 Å². The highest BCUT2D eigenvalue weighted by Crippen LogP contribution is 2.38. The van der Waals surface area contributed by atoms with E-state index in [1.807, 2.05) is 60.8 Å². The molecule has 10 heteroatoms. The van der Waals surface area contributed by atoms with Gasteiger partial charge in [0, 0.05) is 17.3 Å². The monoisotopic (exact) mass is 511 g/mol. The van der Waals surface area contributed by atoms with E-state index in [4.69, 9.17) is 22.1 Å². The molecule has 2 aromatic carbocycles. The van der Waals surface area contributed by atoms with Crippen LogP contribution in [0.4, 0.5) is 0 Å². The third-order valence-corrected chi connectivity index (χ3v) is 8.87. The quantitative estimate of drug-likeness (QED) is 0.379. The van der Waals surface area contributed by atoms with Crippen LogP contribution in [-0.2, 0) is 14.6 Å². The minimum atomic E-state index is -3.14. The third-order valence-electron chi connectivity index (χ3n) is 5.79. The van der Waals surface area contributed by atoms with Gasteiger partial charge >= 0.3 is 0 Å². The van der Waals surface area contributed by atoms with Gasteiger partial charge in [-0.05, 0) is 36.8 Å². The molecule has 0 unspecified atom stereocenters. The van der Waals surface area contributed by atoms with Crippen LogP contribution in [0, 0.1) is 0 Å². The fourth-order valence-electron chi connectivity index (χ4n) is 4.12. The lowest BCUT2D eigenvalue weighted by molar-refractivity contribution is -0.123. The number of nitrogens with zero attached hydrogens (tertiary/aromatic N) is 3. The first-order valence-electron chi connectivity index (χ1n) is 10.6. The first-order valence-corrected chi connectivity index (χ1v) is 13.7. The van der Waals surface area contributed by atoms with Crippen LogP contribution in [0.5, 0.6) is 5.75 Å². The fourth-order valence-corrected chi connectivity index (χ4v) is 7.21. The summed E-state index contributed by atoms with van der Waals surface area (Å²) < 4.78 is 31.4. The van der Waals surface area contributed by atoms with Crippen LogP contribution >= 0.6 is 24.0 Å². The second kappa shape index (κ2) is 9.01. The van der Waals surface area contributed by atoms with E-state index in [0.29, 0.717) is 27.1 Å². The Morgan fingerprint density at radius 3 is 2.68 bits per heavy atom. The Bertz CT molecular complexity index is 1410. The van der Waals surface area contributed by atoms with E-state index < -0.39 is 15.9 Å². The van der Waals surface area contributed by atoms with Crippen molar-refractivity contribution in [2.24, 2.45) is 0 Å². The molecule has 7 nitrogen and oxygen atoms in total. The van der Waals surface area contributed by atoms with Crippen molar-refractivity contribution in [3.63, 3.8) is 0 Å². The highest BCUT2D eigenvalue weighted by molar-refractivity contribution is 8.26. The highest BCUT2D eigenvalue weighted by Gasteiger charge is 2.42. The molecule has 1 amide bonds. The van der Waals surface area contributed by atoms with E-state index in [0.717, 1.165) is 16.8 Å². The molecule has 5 rings (SSSR count). The summed E-state index contributed by atoms with van der Waals surface area (Å²) in [5, 5.41) is 4.80. The molecular formula is C24H21N3O4S3. The van der Waals surface area contributed by atoms with Crippen LogP contribution in [0.15, 0.2) is 65.7 Å². The molecule has 3 heterocycles. The molecule has 0 aliphatic carbocycles. The van der Waals surface area contributed by atoms with E-state index in [1.165, 1.54) is 16.7 Å². The topological polar surface area (TPSA) is 81.5 Å². The van der Waals surface area contributed by atoms with Gasteiger partial charge in [0.15, 0.2) is 9.84 Å². The highest BCUT2D eigenvalue weighted by atomic mass is 32.2. The zero-order chi connectivity index (χ0) is 23.9. The van der Waals surface area contributed by atoms with Crippen molar-refractivity contribution in [1.82, 2.24) is 14.7 Å². The van der Waals surface area contributed by atoms with Crippen LogP contribution in [0.1, 0.15) is 12.0 Å². The normalized spacial score (nSPS) is 20.9. The number of thiocarbonyl (C=S) groups is 1. The summed E-state index contributed by atoms with van der Waals surface area (Å²) >= 11 is 6.65. The SMILES string of the molecule is COc1cccc(-c2nn(-c3ccccc3)cc2/C=C2\SC(=S)N([C@@H]3CCS(=O)(=O)C3)C2=O)c1. The largest absolute Gasteiger partial charge is 0.497 e. The molecule has 0 radical (unpaired) electrons. The number of hydrogen-bond donors (Lipinski definition) is 0. The molecule has 0 saturated carbocycles. The van der Waals surface area contributed by atoms with E-state index >= 15 is 0 Å². The number of sulfone groups is 1. The van der Waals surface area contributed by atoms with Crippen LogP contribution in [0.3, 0.4) is 0 Å². The summed E-state index contributed by atoms with van der Waals surface area (Å²) in [5.41, 5.74) is 3.17. The number of para-hydroxylation sites is 1. The Morgan fingerprint density at radius 1 is 1.18 bits per heavy atom. The van der Waals surface area contributed by atoms with Gasteiger partial charge in [0.05, 0.1) is 35.2 Å².